The maximum Gasteiger partial charge on any atom is 0.272 e. The molecule has 132 valence electrons. The molecule has 0 unspecified atom stereocenters. The van der Waals surface area contributed by atoms with Crippen molar-refractivity contribution in [1.82, 2.24) is 10.4 Å². The Bertz CT molecular complexity index is 750. The quantitative estimate of drug-likeness (QED) is 0.623. The number of carbonyl (C=O) groups excluding carboxylic acids is 2. The molecule has 2 rings (SSSR count). The number of benzene rings is 2. The van der Waals surface area contributed by atoms with E-state index >= 15 is 0 Å². The van der Waals surface area contributed by atoms with E-state index in [2.05, 4.69) is 5.43 Å². The maximum atomic E-state index is 12.8. The molecule has 4 nitrogen and oxygen atoms in total. The summed E-state index contributed by atoms with van der Waals surface area (Å²) in [6, 6.07) is 13.5. The van der Waals surface area contributed by atoms with Crippen LogP contribution in [0.5, 0.6) is 0 Å². The zero-order valence-electron chi connectivity index (χ0n) is 14.3. The first-order valence-electron chi connectivity index (χ1n) is 7.78. The zero-order valence-corrected chi connectivity index (χ0v) is 15.9. The van der Waals surface area contributed by atoms with Gasteiger partial charge in [-0.3, -0.25) is 15.0 Å². The Morgan fingerprint density at radius 2 is 1.48 bits per heavy atom. The van der Waals surface area contributed by atoms with Crippen molar-refractivity contribution in [2.75, 3.05) is 0 Å². The van der Waals surface area contributed by atoms with E-state index in [4.69, 9.17) is 23.2 Å². The highest BCUT2D eigenvalue weighted by molar-refractivity contribution is 6.30. The minimum Gasteiger partial charge on any atom is -0.267 e. The molecule has 0 aliphatic carbocycles. The van der Waals surface area contributed by atoms with E-state index in [1.165, 1.54) is 5.01 Å². The van der Waals surface area contributed by atoms with Gasteiger partial charge in [0.1, 0.15) is 0 Å². The lowest BCUT2D eigenvalue weighted by atomic mass is 10.1. The molecule has 0 fully saturated rings. The normalized spacial score (nSPS) is 11.1. The zero-order chi connectivity index (χ0) is 18.6. The molecule has 0 spiro atoms. The fraction of sp³-hybridized carbons (Fsp3) is 0.263. The lowest BCUT2D eigenvalue weighted by Gasteiger charge is -2.35. The second-order valence-corrected chi connectivity index (χ2v) is 7.29. The van der Waals surface area contributed by atoms with Crippen molar-refractivity contribution in [1.29, 1.82) is 0 Å². The van der Waals surface area contributed by atoms with Gasteiger partial charge in [0, 0.05) is 22.0 Å². The molecule has 0 aromatic heterocycles. The van der Waals surface area contributed by atoms with Gasteiger partial charge in [0.25, 0.3) is 11.8 Å². The summed E-state index contributed by atoms with van der Waals surface area (Å²) in [5.41, 5.74) is 3.91. The third-order valence-corrected chi connectivity index (χ3v) is 4.11. The summed E-state index contributed by atoms with van der Waals surface area (Å²) in [5, 5.41) is 1.87. The fourth-order valence-electron chi connectivity index (χ4n) is 2.16. The number of hydrogen-bond acceptors (Lipinski definition) is 2. The molecular weight excluding hydrogens is 359 g/mol. The molecule has 2 aromatic rings. The van der Waals surface area contributed by atoms with E-state index in [0.717, 1.165) is 5.56 Å². The number of halogens is 2. The molecule has 6 heteroatoms. The van der Waals surface area contributed by atoms with Gasteiger partial charge in [-0.25, -0.2) is 5.01 Å². The van der Waals surface area contributed by atoms with Crippen LogP contribution < -0.4 is 5.43 Å². The standard InChI is InChI=1S/C19H20Cl2N2O2/c1-19(2,3)23(18(25)15-8-10-16(21)11-9-15)22-17(24)14-6-4-13(12-20)5-7-14/h4-11H,12H2,1-3H3,(H,22,24). The highest BCUT2D eigenvalue weighted by Gasteiger charge is 2.29. The van der Waals surface area contributed by atoms with Crippen LogP contribution in [0.25, 0.3) is 0 Å². The molecule has 0 saturated carbocycles. The van der Waals surface area contributed by atoms with Crippen LogP contribution in [0.3, 0.4) is 0 Å². The molecular formula is C19H20Cl2N2O2. The molecule has 0 radical (unpaired) electrons. The second kappa shape index (κ2) is 7.89. The first-order valence-corrected chi connectivity index (χ1v) is 8.69. The van der Waals surface area contributed by atoms with Gasteiger partial charge in [-0.2, -0.15) is 0 Å². The SMILES string of the molecule is CC(C)(C)N(NC(=O)c1ccc(CCl)cc1)C(=O)c1ccc(Cl)cc1. The summed E-state index contributed by atoms with van der Waals surface area (Å²) < 4.78 is 0. The molecule has 0 atom stereocenters. The van der Waals surface area contributed by atoms with Gasteiger partial charge in [0.05, 0.1) is 5.54 Å². The van der Waals surface area contributed by atoms with E-state index in [9.17, 15) is 9.59 Å². The van der Waals surface area contributed by atoms with Crippen molar-refractivity contribution in [2.24, 2.45) is 0 Å². The largest absolute Gasteiger partial charge is 0.272 e. The van der Waals surface area contributed by atoms with Crippen LogP contribution in [0, 0.1) is 0 Å². The van der Waals surface area contributed by atoms with Gasteiger partial charge in [0.2, 0.25) is 0 Å². The summed E-state index contributed by atoms with van der Waals surface area (Å²) in [6.45, 7) is 5.53. The minimum atomic E-state index is -0.609. The predicted octanol–water partition coefficient (Wildman–Crippen LogP) is 4.66. The molecule has 2 aromatic carbocycles. The van der Waals surface area contributed by atoms with Gasteiger partial charge >= 0.3 is 0 Å². The lowest BCUT2D eigenvalue weighted by Crippen LogP contribution is -2.55. The molecule has 0 saturated heterocycles. The molecule has 0 aliphatic rings. The van der Waals surface area contributed by atoms with Crippen LogP contribution in [0.1, 0.15) is 47.1 Å². The third kappa shape index (κ3) is 4.97. The smallest absolute Gasteiger partial charge is 0.267 e. The predicted molar refractivity (Wildman–Crippen MR) is 101 cm³/mol. The van der Waals surface area contributed by atoms with E-state index in [1.807, 2.05) is 20.8 Å². The van der Waals surface area contributed by atoms with Crippen LogP contribution in [0.4, 0.5) is 0 Å². The Morgan fingerprint density at radius 1 is 0.960 bits per heavy atom. The van der Waals surface area contributed by atoms with Crippen molar-refractivity contribution in [3.63, 3.8) is 0 Å². The summed E-state index contributed by atoms with van der Waals surface area (Å²) in [6.07, 6.45) is 0. The third-order valence-electron chi connectivity index (χ3n) is 3.55. The molecule has 25 heavy (non-hydrogen) atoms. The van der Waals surface area contributed by atoms with Crippen molar-refractivity contribution in [2.45, 2.75) is 32.2 Å². The van der Waals surface area contributed by atoms with E-state index in [1.54, 1.807) is 48.5 Å². The average Bonchev–Trinajstić information content (AvgIpc) is 2.58. The molecule has 0 bridgehead atoms. The van der Waals surface area contributed by atoms with Crippen LogP contribution in [0.15, 0.2) is 48.5 Å². The Hall–Kier alpha value is -2.04. The van der Waals surface area contributed by atoms with Gasteiger partial charge in [-0.15, -0.1) is 11.6 Å². The van der Waals surface area contributed by atoms with Crippen molar-refractivity contribution >= 4 is 35.0 Å². The number of hydrogen-bond donors (Lipinski definition) is 1. The summed E-state index contributed by atoms with van der Waals surface area (Å²) in [4.78, 5) is 25.4. The van der Waals surface area contributed by atoms with Crippen molar-refractivity contribution in [3.05, 3.63) is 70.2 Å². The number of nitrogens with zero attached hydrogens (tertiary/aromatic N) is 1. The Labute approximate surface area is 157 Å². The van der Waals surface area contributed by atoms with Crippen molar-refractivity contribution < 1.29 is 9.59 Å². The molecule has 0 aliphatic heterocycles. The van der Waals surface area contributed by atoms with Crippen LogP contribution in [-0.4, -0.2) is 22.4 Å². The number of alkyl halides is 1. The fourth-order valence-corrected chi connectivity index (χ4v) is 2.46. The van der Waals surface area contributed by atoms with Crippen LogP contribution in [-0.2, 0) is 5.88 Å². The number of amides is 2. The monoisotopic (exact) mass is 378 g/mol. The highest BCUT2D eigenvalue weighted by atomic mass is 35.5. The van der Waals surface area contributed by atoms with Gasteiger partial charge in [-0.1, -0.05) is 23.7 Å². The number of carbonyl (C=O) groups is 2. The van der Waals surface area contributed by atoms with E-state index in [0.29, 0.717) is 22.0 Å². The average molecular weight is 379 g/mol. The Morgan fingerprint density at radius 3 is 1.96 bits per heavy atom. The first kappa shape index (κ1) is 19.3. The summed E-state index contributed by atoms with van der Waals surface area (Å²) >= 11 is 11.6. The summed E-state index contributed by atoms with van der Waals surface area (Å²) in [5.74, 6) is -0.293. The van der Waals surface area contributed by atoms with Crippen LogP contribution >= 0.6 is 23.2 Å². The summed E-state index contributed by atoms with van der Waals surface area (Å²) in [7, 11) is 0. The minimum absolute atomic E-state index is 0.310. The Kier molecular flexibility index (Phi) is 6.09. The van der Waals surface area contributed by atoms with Gasteiger partial charge in [0.15, 0.2) is 0 Å². The number of hydrazine groups is 1. The van der Waals surface area contributed by atoms with Crippen LogP contribution in [0.2, 0.25) is 5.02 Å². The highest BCUT2D eigenvalue weighted by Crippen LogP contribution is 2.18. The number of nitrogens with one attached hydrogen (secondary N) is 1. The van der Waals surface area contributed by atoms with E-state index < -0.39 is 5.54 Å². The second-order valence-electron chi connectivity index (χ2n) is 6.59. The topological polar surface area (TPSA) is 49.4 Å². The van der Waals surface area contributed by atoms with Gasteiger partial charge in [-0.05, 0) is 62.7 Å². The molecule has 0 heterocycles. The van der Waals surface area contributed by atoms with Crippen molar-refractivity contribution in [3.8, 4) is 0 Å². The first-order chi connectivity index (χ1) is 11.7. The Balaban J connectivity index is 2.23. The number of rotatable bonds is 3. The lowest BCUT2D eigenvalue weighted by molar-refractivity contribution is 0.0358. The maximum absolute atomic E-state index is 12.8. The molecule has 2 amide bonds. The van der Waals surface area contributed by atoms with Gasteiger partial charge < -0.3 is 0 Å². The molecule has 1 N–H and O–H groups in total. The van der Waals surface area contributed by atoms with E-state index in [-0.39, 0.29) is 11.8 Å².